The van der Waals surface area contributed by atoms with Crippen LogP contribution in [0, 0.1) is 0 Å². The quantitative estimate of drug-likeness (QED) is 0.680. The lowest BCUT2D eigenvalue weighted by Gasteiger charge is -2.17. The molecule has 1 aliphatic rings. The van der Waals surface area contributed by atoms with Crippen LogP contribution in [0.15, 0.2) is 46.2 Å². The molecule has 0 spiro atoms. The summed E-state index contributed by atoms with van der Waals surface area (Å²) < 4.78 is 37.8. The van der Waals surface area contributed by atoms with E-state index in [9.17, 15) is 13.2 Å². The number of methoxy groups -OCH3 is 2. The number of amides is 1. The van der Waals surface area contributed by atoms with Crippen LogP contribution in [0.5, 0.6) is 11.5 Å². The number of carbonyl (C=O) groups excluding carboxylic acids is 1. The normalized spacial score (nSPS) is 15.1. The number of benzene rings is 2. The maximum Gasteiger partial charge on any atom is 0.270 e. The minimum absolute atomic E-state index is 0.00201. The predicted octanol–water partition coefficient (Wildman–Crippen LogP) is 3.72. The molecule has 0 atom stereocenters. The van der Waals surface area contributed by atoms with Gasteiger partial charge in [-0.25, -0.2) is 12.7 Å². The second-order valence-electron chi connectivity index (χ2n) is 6.30. The van der Waals surface area contributed by atoms with Gasteiger partial charge in [-0.05, 0) is 18.1 Å². The molecule has 0 fully saturated rings. The fraction of sp³-hybridized carbons (Fsp3) is 0.316. The van der Waals surface area contributed by atoms with E-state index in [-0.39, 0.29) is 22.3 Å². The third-order valence-corrected chi connectivity index (χ3v) is 7.26. The molecule has 27 heavy (non-hydrogen) atoms. The SMILES string of the molecule is COc1cc2c(c(C(C)C)c1OC)C(=O)N(CSc1ccccc1)S2(=O)=O. The zero-order valence-electron chi connectivity index (χ0n) is 15.6. The van der Waals surface area contributed by atoms with Gasteiger partial charge in [0.25, 0.3) is 15.9 Å². The van der Waals surface area contributed by atoms with Gasteiger partial charge in [0, 0.05) is 16.5 Å². The van der Waals surface area contributed by atoms with Crippen LogP contribution in [0.2, 0.25) is 0 Å². The predicted molar refractivity (Wildman–Crippen MR) is 104 cm³/mol. The monoisotopic (exact) mass is 407 g/mol. The number of sulfonamides is 1. The Morgan fingerprint density at radius 1 is 1.11 bits per heavy atom. The minimum atomic E-state index is -3.95. The number of rotatable bonds is 6. The van der Waals surface area contributed by atoms with Gasteiger partial charge in [-0.15, -0.1) is 11.8 Å². The van der Waals surface area contributed by atoms with Crippen molar-refractivity contribution in [3.05, 3.63) is 47.5 Å². The van der Waals surface area contributed by atoms with Crippen molar-refractivity contribution in [3.8, 4) is 11.5 Å². The number of nitrogens with zero attached hydrogens (tertiary/aromatic N) is 1. The Bertz CT molecular complexity index is 971. The van der Waals surface area contributed by atoms with E-state index in [4.69, 9.17) is 9.47 Å². The maximum absolute atomic E-state index is 13.1. The molecule has 6 nitrogen and oxygen atoms in total. The van der Waals surface area contributed by atoms with E-state index >= 15 is 0 Å². The summed E-state index contributed by atoms with van der Waals surface area (Å²) in [5.41, 5.74) is 0.726. The van der Waals surface area contributed by atoms with E-state index in [1.54, 1.807) is 0 Å². The number of thioether (sulfide) groups is 1. The van der Waals surface area contributed by atoms with Crippen molar-refractivity contribution < 1.29 is 22.7 Å². The van der Waals surface area contributed by atoms with Crippen LogP contribution in [0.4, 0.5) is 0 Å². The van der Waals surface area contributed by atoms with Gasteiger partial charge in [-0.2, -0.15) is 0 Å². The molecule has 8 heteroatoms. The molecular formula is C19H21NO5S2. The highest BCUT2D eigenvalue weighted by molar-refractivity contribution is 8.00. The first-order valence-corrected chi connectivity index (χ1v) is 10.8. The molecule has 0 N–H and O–H groups in total. The van der Waals surface area contributed by atoms with Crippen molar-refractivity contribution in [3.63, 3.8) is 0 Å². The van der Waals surface area contributed by atoms with Crippen LogP contribution in [0.25, 0.3) is 0 Å². The van der Waals surface area contributed by atoms with E-state index in [0.717, 1.165) is 9.20 Å². The summed E-state index contributed by atoms with van der Waals surface area (Å²) in [5, 5.41) is 0. The smallest absolute Gasteiger partial charge is 0.270 e. The molecule has 2 aromatic rings. The summed E-state index contributed by atoms with van der Waals surface area (Å²) in [4.78, 5) is 13.9. The Morgan fingerprint density at radius 3 is 2.33 bits per heavy atom. The first-order valence-electron chi connectivity index (χ1n) is 8.36. The number of hydrogen-bond donors (Lipinski definition) is 0. The highest BCUT2D eigenvalue weighted by Gasteiger charge is 2.45. The van der Waals surface area contributed by atoms with Gasteiger partial charge in [0.05, 0.1) is 25.7 Å². The van der Waals surface area contributed by atoms with E-state index < -0.39 is 15.9 Å². The van der Waals surface area contributed by atoms with Crippen LogP contribution in [-0.4, -0.2) is 38.7 Å². The number of hydrogen-bond acceptors (Lipinski definition) is 6. The molecular weight excluding hydrogens is 386 g/mol. The third kappa shape index (κ3) is 3.27. The highest BCUT2D eigenvalue weighted by Crippen LogP contribution is 2.46. The molecule has 0 radical (unpaired) electrons. The van der Waals surface area contributed by atoms with Crippen LogP contribution in [0.1, 0.15) is 35.7 Å². The summed E-state index contributed by atoms with van der Waals surface area (Å²) in [6.45, 7) is 3.78. The maximum atomic E-state index is 13.1. The standard InChI is InChI=1S/C19H21NO5S2/c1-12(2)16-17-15(10-14(24-3)18(16)25-4)27(22,23)20(19(17)21)11-26-13-8-6-5-7-9-13/h5-10,12H,11H2,1-4H3. The van der Waals surface area contributed by atoms with E-state index in [2.05, 4.69) is 0 Å². The van der Waals surface area contributed by atoms with Crippen molar-refractivity contribution in [2.45, 2.75) is 29.6 Å². The summed E-state index contributed by atoms with van der Waals surface area (Å²) in [7, 11) is -1.03. The van der Waals surface area contributed by atoms with Gasteiger partial charge in [0.2, 0.25) is 0 Å². The fourth-order valence-electron chi connectivity index (χ4n) is 3.10. The van der Waals surface area contributed by atoms with Gasteiger partial charge < -0.3 is 9.47 Å². The van der Waals surface area contributed by atoms with E-state index in [1.165, 1.54) is 32.0 Å². The fourth-order valence-corrected chi connectivity index (χ4v) is 5.81. The first-order chi connectivity index (χ1) is 12.8. The molecule has 0 aliphatic carbocycles. The average molecular weight is 408 g/mol. The summed E-state index contributed by atoms with van der Waals surface area (Å²) in [6.07, 6.45) is 0. The molecule has 0 saturated heterocycles. The third-order valence-electron chi connectivity index (χ3n) is 4.35. The van der Waals surface area contributed by atoms with E-state index in [1.807, 2.05) is 44.2 Å². The Hall–Kier alpha value is -2.19. The average Bonchev–Trinajstić information content (AvgIpc) is 2.84. The van der Waals surface area contributed by atoms with Crippen molar-refractivity contribution in [1.29, 1.82) is 0 Å². The molecule has 0 saturated carbocycles. The molecule has 0 unspecified atom stereocenters. The zero-order chi connectivity index (χ0) is 19.8. The van der Waals surface area contributed by atoms with Crippen molar-refractivity contribution in [2.75, 3.05) is 20.1 Å². The molecule has 1 aliphatic heterocycles. The van der Waals surface area contributed by atoms with Crippen molar-refractivity contribution in [1.82, 2.24) is 4.31 Å². The molecule has 1 heterocycles. The van der Waals surface area contributed by atoms with Crippen LogP contribution in [0.3, 0.4) is 0 Å². The van der Waals surface area contributed by atoms with Gasteiger partial charge in [-0.3, -0.25) is 4.79 Å². The Kier molecular flexibility index (Phi) is 5.39. The summed E-state index contributed by atoms with van der Waals surface area (Å²) in [6, 6.07) is 10.7. The van der Waals surface area contributed by atoms with Crippen LogP contribution < -0.4 is 9.47 Å². The lowest BCUT2D eigenvalue weighted by atomic mass is 9.95. The zero-order valence-corrected chi connectivity index (χ0v) is 17.2. The molecule has 3 rings (SSSR count). The second-order valence-corrected chi connectivity index (χ2v) is 9.15. The Morgan fingerprint density at radius 2 is 1.78 bits per heavy atom. The summed E-state index contributed by atoms with van der Waals surface area (Å²) >= 11 is 1.29. The molecule has 0 bridgehead atoms. The number of carbonyl (C=O) groups is 1. The lowest BCUT2D eigenvalue weighted by Crippen LogP contribution is -2.29. The second kappa shape index (κ2) is 7.44. The van der Waals surface area contributed by atoms with Gasteiger partial charge in [0.15, 0.2) is 11.5 Å². The minimum Gasteiger partial charge on any atom is -0.493 e. The largest absolute Gasteiger partial charge is 0.493 e. The number of fused-ring (bicyclic) bond motifs is 1. The first kappa shape index (κ1) is 19.6. The van der Waals surface area contributed by atoms with Crippen molar-refractivity contribution >= 4 is 27.7 Å². The Labute approximate surface area is 163 Å². The molecule has 144 valence electrons. The van der Waals surface area contributed by atoms with Crippen molar-refractivity contribution in [2.24, 2.45) is 0 Å². The lowest BCUT2D eigenvalue weighted by molar-refractivity contribution is 0.0885. The van der Waals surface area contributed by atoms with Gasteiger partial charge in [-0.1, -0.05) is 32.0 Å². The summed E-state index contributed by atoms with van der Waals surface area (Å²) in [5.74, 6) is 0.0474. The Balaban J connectivity index is 2.09. The molecule has 2 aromatic carbocycles. The van der Waals surface area contributed by atoms with Crippen LogP contribution >= 0.6 is 11.8 Å². The van der Waals surface area contributed by atoms with Gasteiger partial charge in [0.1, 0.15) is 4.90 Å². The molecule has 0 aromatic heterocycles. The van der Waals surface area contributed by atoms with Gasteiger partial charge >= 0.3 is 0 Å². The van der Waals surface area contributed by atoms with Crippen LogP contribution in [-0.2, 0) is 10.0 Å². The molecule has 1 amide bonds. The highest BCUT2D eigenvalue weighted by atomic mass is 32.2. The van der Waals surface area contributed by atoms with E-state index in [0.29, 0.717) is 17.1 Å². The topological polar surface area (TPSA) is 72.9 Å². The number of ether oxygens (including phenoxy) is 2.